The van der Waals surface area contributed by atoms with Gasteiger partial charge < -0.3 is 7.43 Å². The van der Waals surface area contributed by atoms with E-state index in [1.165, 1.54) is 0 Å². The van der Waals surface area contributed by atoms with Crippen LogP contribution in [0.3, 0.4) is 0 Å². The van der Waals surface area contributed by atoms with Crippen molar-refractivity contribution in [1.29, 1.82) is 0 Å². The number of rotatable bonds is 0. The molecule has 0 bridgehead atoms. The first kappa shape index (κ1) is 29.4. The minimum Gasteiger partial charge on any atom is -0.358 e. The molecule has 0 rings (SSSR count). The third-order valence-electron chi connectivity index (χ3n) is 0. The molecule has 3 radical (unpaired) electrons. The van der Waals surface area contributed by atoms with Gasteiger partial charge in [0.2, 0.25) is 0 Å². The third kappa shape index (κ3) is 446. The van der Waals surface area contributed by atoms with Crippen molar-refractivity contribution in [2.24, 2.45) is 0 Å². The zero-order valence-electron chi connectivity index (χ0n) is 9.23. The minimum atomic E-state index is 0. The van der Waals surface area contributed by atoms with Gasteiger partial charge in [-0.1, -0.05) is 39.3 Å². The molecule has 0 spiro atoms. The first-order chi connectivity index (χ1) is 4.24. The van der Waals surface area contributed by atoms with Crippen molar-refractivity contribution in [2.75, 3.05) is 0 Å². The molecule has 0 aromatic rings. The van der Waals surface area contributed by atoms with E-state index in [-0.39, 0.29) is 33.6 Å². The van der Waals surface area contributed by atoms with Crippen molar-refractivity contribution < 1.29 is 26.2 Å². The van der Waals surface area contributed by atoms with Gasteiger partial charge in [-0.2, -0.15) is 0 Å². The molecule has 0 aliphatic heterocycles. The molecule has 0 saturated heterocycles. The Morgan fingerprint density at radius 1 is 0.545 bits per heavy atom. The van der Waals surface area contributed by atoms with E-state index in [0.29, 0.717) is 0 Å². The van der Waals surface area contributed by atoms with E-state index in [2.05, 4.69) is 39.3 Å². The van der Waals surface area contributed by atoms with Gasteiger partial charge in [0.15, 0.2) is 0 Å². The Morgan fingerprint density at radius 2 is 0.545 bits per heavy atom. The standard InChI is InChI=1S/3C2H7Si.CH3.Zr/c3*1-3-2;;/h3*3H,1-2H3;1H3;/q;;;-1;. The average molecular weight is 284 g/mol. The second-order valence-electron chi connectivity index (χ2n) is 1.73. The molecule has 69 valence electrons. The molecule has 0 aromatic heterocycles. The summed E-state index contributed by atoms with van der Waals surface area (Å²) in [6, 6.07) is 0. The Labute approximate surface area is 101 Å². The maximum Gasteiger partial charge on any atom is 0.0213 e. The summed E-state index contributed by atoms with van der Waals surface area (Å²) in [6.07, 6.45) is 0. The summed E-state index contributed by atoms with van der Waals surface area (Å²) in [7, 11) is 2.25. The fraction of sp³-hybridized carbons (Fsp3) is 0.857. The molecule has 0 saturated carbocycles. The van der Waals surface area contributed by atoms with Gasteiger partial charge in [0.05, 0.1) is 0 Å². The Morgan fingerprint density at radius 3 is 0.545 bits per heavy atom. The molecule has 0 fully saturated rings. The fourth-order valence-electron chi connectivity index (χ4n) is 0. The summed E-state index contributed by atoms with van der Waals surface area (Å²) in [6.45, 7) is 13.3. The summed E-state index contributed by atoms with van der Waals surface area (Å²) in [5.74, 6) is 0. The Kier molecular flexibility index (Phi) is 166. The normalized spacial score (nSPS) is 4.91. The zero-order chi connectivity index (χ0) is 8.12. The summed E-state index contributed by atoms with van der Waals surface area (Å²) < 4.78 is 0. The predicted octanol–water partition coefficient (Wildman–Crippen LogP) is 2.01. The molecule has 0 aromatic carbocycles. The van der Waals surface area contributed by atoms with Crippen LogP contribution in [0.15, 0.2) is 0 Å². The molecular formula is C7H24Si3Zr-. The van der Waals surface area contributed by atoms with Crippen LogP contribution in [0.5, 0.6) is 0 Å². The quantitative estimate of drug-likeness (QED) is 0.471. The van der Waals surface area contributed by atoms with Gasteiger partial charge in [-0.25, -0.2) is 0 Å². The Bertz CT molecular complexity index is 18.4. The Hall–Kier alpha value is 1.53. The summed E-state index contributed by atoms with van der Waals surface area (Å²) in [4.78, 5) is 0. The third-order valence-corrected chi connectivity index (χ3v) is 0. The van der Waals surface area contributed by atoms with Crippen molar-refractivity contribution in [1.82, 2.24) is 0 Å². The van der Waals surface area contributed by atoms with Crippen molar-refractivity contribution in [3.63, 3.8) is 0 Å². The van der Waals surface area contributed by atoms with Gasteiger partial charge in [-0.15, -0.1) is 0 Å². The van der Waals surface area contributed by atoms with Gasteiger partial charge in [-0.3, -0.25) is 0 Å². The van der Waals surface area contributed by atoms with Crippen LogP contribution < -0.4 is 0 Å². The second kappa shape index (κ2) is 62.3. The molecule has 0 heterocycles. The van der Waals surface area contributed by atoms with E-state index in [4.69, 9.17) is 0 Å². The van der Waals surface area contributed by atoms with E-state index in [0.717, 1.165) is 28.6 Å². The van der Waals surface area contributed by atoms with Crippen LogP contribution in [0.25, 0.3) is 0 Å². The number of hydrogen-bond donors (Lipinski definition) is 0. The SMILES string of the molecule is C[SiH]C.C[SiH]C.C[SiH]C.[CH3-].[Zr]. The van der Waals surface area contributed by atoms with Gasteiger partial charge in [-0.05, 0) is 0 Å². The van der Waals surface area contributed by atoms with Crippen molar-refractivity contribution in [2.45, 2.75) is 39.3 Å². The molecule has 0 N–H and O–H groups in total. The van der Waals surface area contributed by atoms with E-state index in [1.807, 2.05) is 0 Å². The average Bonchev–Trinajstić information content (AvgIpc) is 1.70. The maximum absolute atomic E-state index is 2.21. The van der Waals surface area contributed by atoms with E-state index in [9.17, 15) is 0 Å². The van der Waals surface area contributed by atoms with Gasteiger partial charge in [0.1, 0.15) is 0 Å². The van der Waals surface area contributed by atoms with E-state index >= 15 is 0 Å². The molecule has 11 heavy (non-hydrogen) atoms. The van der Waals surface area contributed by atoms with Crippen molar-refractivity contribution in [3.05, 3.63) is 7.43 Å². The van der Waals surface area contributed by atoms with Gasteiger partial charge >= 0.3 is 0 Å². The molecule has 0 aliphatic carbocycles. The molecule has 4 heteroatoms. The summed E-state index contributed by atoms with van der Waals surface area (Å²) >= 11 is 0. The maximum atomic E-state index is 2.21. The fourth-order valence-corrected chi connectivity index (χ4v) is 0. The molecule has 0 amide bonds. The largest absolute Gasteiger partial charge is 0.358 e. The van der Waals surface area contributed by atoms with Crippen LogP contribution in [-0.4, -0.2) is 28.6 Å². The van der Waals surface area contributed by atoms with Crippen LogP contribution in [0.4, 0.5) is 0 Å². The van der Waals surface area contributed by atoms with Crippen LogP contribution in [0.2, 0.25) is 39.3 Å². The van der Waals surface area contributed by atoms with Gasteiger partial charge in [0.25, 0.3) is 0 Å². The number of hydrogen-bond acceptors (Lipinski definition) is 0. The first-order valence-electron chi connectivity index (χ1n) is 3.46. The molecule has 0 aliphatic rings. The molecule has 0 unspecified atom stereocenters. The van der Waals surface area contributed by atoms with E-state index < -0.39 is 0 Å². The molecule has 0 atom stereocenters. The summed E-state index contributed by atoms with van der Waals surface area (Å²) in [5, 5.41) is 0. The molecular weight excluding hydrogens is 260 g/mol. The van der Waals surface area contributed by atoms with Crippen LogP contribution in [0, 0.1) is 7.43 Å². The zero-order valence-corrected chi connectivity index (χ0v) is 15.2. The van der Waals surface area contributed by atoms with Crippen LogP contribution >= 0.6 is 0 Å². The van der Waals surface area contributed by atoms with Crippen LogP contribution in [0.1, 0.15) is 0 Å². The van der Waals surface area contributed by atoms with Crippen molar-refractivity contribution >= 4 is 28.6 Å². The minimum absolute atomic E-state index is 0. The Balaban J connectivity index is -0.0000000150. The van der Waals surface area contributed by atoms with Crippen molar-refractivity contribution in [3.8, 4) is 0 Å². The molecule has 0 nitrogen and oxygen atoms in total. The monoisotopic (exact) mass is 282 g/mol. The first-order valence-corrected chi connectivity index (χ1v) is 10.4. The smallest absolute Gasteiger partial charge is 0.0213 e. The van der Waals surface area contributed by atoms with Gasteiger partial charge in [0, 0.05) is 54.8 Å². The second-order valence-corrected chi connectivity index (χ2v) is 5.20. The predicted molar refractivity (Wildman–Crippen MR) is 63.0 cm³/mol. The topological polar surface area (TPSA) is 0 Å². The van der Waals surface area contributed by atoms with Crippen LogP contribution in [-0.2, 0) is 26.2 Å². The summed E-state index contributed by atoms with van der Waals surface area (Å²) in [5.41, 5.74) is 0. The van der Waals surface area contributed by atoms with E-state index in [1.54, 1.807) is 0 Å².